The van der Waals surface area contributed by atoms with Gasteiger partial charge in [-0.3, -0.25) is 4.79 Å². The average Bonchev–Trinajstić information content (AvgIpc) is 2.88. The molecule has 2 heterocycles. The predicted molar refractivity (Wildman–Crippen MR) is 142 cm³/mol. The van der Waals surface area contributed by atoms with E-state index < -0.39 is 17.5 Å². The number of anilines is 2. The van der Waals surface area contributed by atoms with Crippen LogP contribution in [0.1, 0.15) is 42.2 Å². The molecule has 10 heteroatoms. The van der Waals surface area contributed by atoms with Crippen molar-refractivity contribution in [2.75, 3.05) is 37.0 Å². The van der Waals surface area contributed by atoms with Gasteiger partial charge in [0.1, 0.15) is 23.1 Å². The van der Waals surface area contributed by atoms with Gasteiger partial charge in [0.15, 0.2) is 5.82 Å². The van der Waals surface area contributed by atoms with Crippen molar-refractivity contribution in [1.82, 2.24) is 20.6 Å². The van der Waals surface area contributed by atoms with E-state index in [0.717, 1.165) is 31.6 Å². The SMILES string of the molecule is COc1cccc(F)c1-c1nccc(C(=O)Nc2cc(F)c(CNC3CCC3)cc2N2CCN[C@@H](C)C2)n1. The number of benzene rings is 2. The molecular weight excluding hydrogens is 490 g/mol. The molecule has 3 aromatic rings. The minimum atomic E-state index is -0.565. The highest BCUT2D eigenvalue weighted by Crippen LogP contribution is 2.32. The summed E-state index contributed by atoms with van der Waals surface area (Å²) in [5, 5.41) is 9.67. The number of ether oxygens (including phenoxy) is 1. The zero-order valence-electron chi connectivity index (χ0n) is 21.6. The standard InChI is InChI=1S/C28H32F2N6O2/c1-17-16-36(12-11-31-17)24-13-18(15-33-19-5-3-6-19)21(30)14-23(24)35-28(37)22-9-10-32-27(34-22)26-20(29)7-4-8-25(26)38-2/h4,7-10,13-14,17,19,31,33H,3,5-6,11-12,15-16H2,1-2H3,(H,35,37)/t17-/m0/s1. The topological polar surface area (TPSA) is 91.4 Å². The van der Waals surface area contributed by atoms with E-state index in [2.05, 4.69) is 37.7 Å². The Morgan fingerprint density at radius 2 is 2.05 bits per heavy atom. The molecule has 1 aromatic heterocycles. The molecule has 3 N–H and O–H groups in total. The smallest absolute Gasteiger partial charge is 0.274 e. The van der Waals surface area contributed by atoms with Gasteiger partial charge in [0.05, 0.1) is 24.0 Å². The molecule has 38 heavy (non-hydrogen) atoms. The number of carbonyl (C=O) groups is 1. The van der Waals surface area contributed by atoms with Crippen LogP contribution in [-0.2, 0) is 6.54 Å². The molecular formula is C28H32F2N6O2. The van der Waals surface area contributed by atoms with Gasteiger partial charge in [0.2, 0.25) is 0 Å². The molecule has 200 valence electrons. The largest absolute Gasteiger partial charge is 0.496 e. The van der Waals surface area contributed by atoms with Crippen molar-refractivity contribution < 1.29 is 18.3 Å². The summed E-state index contributed by atoms with van der Waals surface area (Å²) in [6.45, 7) is 4.74. The number of rotatable bonds is 8. The number of aromatic nitrogens is 2. The van der Waals surface area contributed by atoms with Crippen LogP contribution in [0.2, 0.25) is 0 Å². The quantitative estimate of drug-likeness (QED) is 0.410. The molecule has 1 atom stereocenters. The van der Waals surface area contributed by atoms with E-state index in [0.29, 0.717) is 30.4 Å². The summed E-state index contributed by atoms with van der Waals surface area (Å²) >= 11 is 0. The first kappa shape index (κ1) is 26.0. The molecule has 0 spiro atoms. The third-order valence-corrected chi connectivity index (χ3v) is 7.12. The highest BCUT2D eigenvalue weighted by atomic mass is 19.1. The van der Waals surface area contributed by atoms with E-state index in [9.17, 15) is 9.18 Å². The number of piperazine rings is 1. The van der Waals surface area contributed by atoms with E-state index in [1.807, 2.05) is 6.07 Å². The van der Waals surface area contributed by atoms with Crippen molar-refractivity contribution in [1.29, 1.82) is 0 Å². The molecule has 1 saturated carbocycles. The average molecular weight is 523 g/mol. The van der Waals surface area contributed by atoms with E-state index in [1.54, 1.807) is 6.07 Å². The van der Waals surface area contributed by atoms with Crippen LogP contribution in [0.25, 0.3) is 11.4 Å². The van der Waals surface area contributed by atoms with Crippen molar-refractivity contribution in [3.63, 3.8) is 0 Å². The number of hydrogen-bond acceptors (Lipinski definition) is 7. The van der Waals surface area contributed by atoms with Crippen LogP contribution in [0.3, 0.4) is 0 Å². The minimum absolute atomic E-state index is 0.0207. The molecule has 0 unspecified atom stereocenters. The Bertz CT molecular complexity index is 1320. The second-order valence-corrected chi connectivity index (χ2v) is 9.81. The highest BCUT2D eigenvalue weighted by molar-refractivity contribution is 6.05. The van der Waals surface area contributed by atoms with Gasteiger partial charge in [-0.25, -0.2) is 18.7 Å². The van der Waals surface area contributed by atoms with Crippen LogP contribution < -0.4 is 25.6 Å². The van der Waals surface area contributed by atoms with Gasteiger partial charge >= 0.3 is 0 Å². The van der Waals surface area contributed by atoms with Gasteiger partial charge in [-0.05, 0) is 50.1 Å². The van der Waals surface area contributed by atoms with Crippen LogP contribution in [0.4, 0.5) is 20.2 Å². The Morgan fingerprint density at radius 3 is 2.79 bits per heavy atom. The molecule has 2 aromatic carbocycles. The number of nitrogens with zero attached hydrogens (tertiary/aromatic N) is 3. The summed E-state index contributed by atoms with van der Waals surface area (Å²) in [6, 6.07) is 9.70. The molecule has 1 amide bonds. The number of amides is 1. The van der Waals surface area contributed by atoms with Crippen molar-refractivity contribution in [2.24, 2.45) is 0 Å². The van der Waals surface area contributed by atoms with Crippen molar-refractivity contribution in [3.05, 3.63) is 65.5 Å². The highest BCUT2D eigenvalue weighted by Gasteiger charge is 2.24. The van der Waals surface area contributed by atoms with E-state index in [1.165, 1.54) is 44.0 Å². The van der Waals surface area contributed by atoms with Gasteiger partial charge in [-0.2, -0.15) is 0 Å². The lowest BCUT2D eigenvalue weighted by atomic mass is 9.93. The Hall–Kier alpha value is -3.63. The second kappa shape index (κ2) is 11.4. The van der Waals surface area contributed by atoms with Gasteiger partial charge in [-0.15, -0.1) is 0 Å². The first-order chi connectivity index (χ1) is 18.4. The first-order valence-corrected chi connectivity index (χ1v) is 12.9. The fourth-order valence-corrected chi connectivity index (χ4v) is 4.80. The number of nitrogens with one attached hydrogen (secondary N) is 3. The molecule has 0 bridgehead atoms. The predicted octanol–water partition coefficient (Wildman–Crippen LogP) is 4.12. The molecule has 1 aliphatic heterocycles. The summed E-state index contributed by atoms with van der Waals surface area (Å²) in [5.74, 6) is -1.23. The van der Waals surface area contributed by atoms with Crippen molar-refractivity contribution in [2.45, 2.75) is 44.8 Å². The molecule has 2 aliphatic rings. The molecule has 0 radical (unpaired) electrons. The normalized spacial score (nSPS) is 17.7. The summed E-state index contributed by atoms with van der Waals surface area (Å²) in [7, 11) is 1.42. The maximum absolute atomic E-state index is 15.2. The number of hydrogen-bond donors (Lipinski definition) is 3. The van der Waals surface area contributed by atoms with Crippen molar-refractivity contribution >= 4 is 17.3 Å². The monoisotopic (exact) mass is 522 g/mol. The summed E-state index contributed by atoms with van der Waals surface area (Å²) < 4.78 is 35.1. The first-order valence-electron chi connectivity index (χ1n) is 12.9. The zero-order valence-corrected chi connectivity index (χ0v) is 21.6. The molecule has 5 rings (SSSR count). The van der Waals surface area contributed by atoms with Gasteiger partial charge in [0.25, 0.3) is 5.91 Å². The lowest BCUT2D eigenvalue weighted by Gasteiger charge is -2.35. The third kappa shape index (κ3) is 5.61. The zero-order chi connectivity index (χ0) is 26.6. The number of halogens is 2. The van der Waals surface area contributed by atoms with E-state index >= 15 is 4.39 Å². The van der Waals surface area contributed by atoms with Gasteiger partial charge in [-0.1, -0.05) is 12.5 Å². The van der Waals surface area contributed by atoms with Crippen LogP contribution >= 0.6 is 0 Å². The number of carbonyl (C=O) groups excluding carboxylic acids is 1. The maximum atomic E-state index is 15.2. The van der Waals surface area contributed by atoms with Gasteiger partial charge in [0, 0.05) is 50.0 Å². The van der Waals surface area contributed by atoms with Crippen LogP contribution in [0.15, 0.2) is 42.6 Å². The Morgan fingerprint density at radius 1 is 1.21 bits per heavy atom. The summed E-state index contributed by atoms with van der Waals surface area (Å²) in [4.78, 5) is 23.9. The summed E-state index contributed by atoms with van der Waals surface area (Å²) in [6.07, 6.45) is 4.80. The van der Waals surface area contributed by atoms with Gasteiger partial charge < -0.3 is 25.6 Å². The van der Waals surface area contributed by atoms with Crippen molar-refractivity contribution in [3.8, 4) is 17.1 Å². The Kier molecular flexibility index (Phi) is 7.80. The Balaban J connectivity index is 1.44. The number of methoxy groups -OCH3 is 1. The fourth-order valence-electron chi connectivity index (χ4n) is 4.80. The molecule has 8 nitrogen and oxygen atoms in total. The lowest BCUT2D eigenvalue weighted by molar-refractivity contribution is 0.102. The minimum Gasteiger partial charge on any atom is -0.496 e. The second-order valence-electron chi connectivity index (χ2n) is 9.81. The van der Waals surface area contributed by atoms with E-state index in [4.69, 9.17) is 4.74 Å². The molecule has 1 aliphatic carbocycles. The third-order valence-electron chi connectivity index (χ3n) is 7.12. The maximum Gasteiger partial charge on any atom is 0.274 e. The summed E-state index contributed by atoms with van der Waals surface area (Å²) in [5.41, 5.74) is 1.76. The van der Waals surface area contributed by atoms with Crippen LogP contribution in [0, 0.1) is 11.6 Å². The molecule has 2 fully saturated rings. The fraction of sp³-hybridized carbons (Fsp3) is 0.393. The lowest BCUT2D eigenvalue weighted by Crippen LogP contribution is -2.49. The van der Waals surface area contributed by atoms with Crippen LogP contribution in [0.5, 0.6) is 5.75 Å². The Labute approximate surface area is 220 Å². The molecule has 1 saturated heterocycles. The van der Waals surface area contributed by atoms with E-state index in [-0.39, 0.29) is 28.9 Å². The van der Waals surface area contributed by atoms with Crippen LogP contribution in [-0.4, -0.2) is 54.7 Å².